The molecule has 0 bridgehead atoms. The zero-order valence-electron chi connectivity index (χ0n) is 14.2. The molecule has 0 fully saturated rings. The van der Waals surface area contributed by atoms with Gasteiger partial charge in [-0.1, -0.05) is 51.8 Å². The molecule has 138 valence electrons. The first kappa shape index (κ1) is 19.6. The van der Waals surface area contributed by atoms with Gasteiger partial charge in [-0.3, -0.25) is 4.79 Å². The predicted octanol–water partition coefficient (Wildman–Crippen LogP) is 5.10. The molecular formula is C20H16BrClN2O2S. The number of carbonyl (C=O) groups is 1. The zero-order chi connectivity index (χ0) is 19.2. The summed E-state index contributed by atoms with van der Waals surface area (Å²) in [5, 5.41) is 6.53. The molecule has 0 saturated carbocycles. The number of hydrogen-bond donors (Lipinski definition) is 2. The maximum atomic E-state index is 12.0. The fraction of sp³-hybridized carbons (Fsp3) is 0.100. The zero-order valence-corrected chi connectivity index (χ0v) is 17.3. The van der Waals surface area contributed by atoms with Crippen molar-refractivity contribution in [3.05, 3.63) is 81.5 Å². The molecule has 2 N–H and O–H groups in total. The molecule has 7 heteroatoms. The Morgan fingerprint density at radius 3 is 2.44 bits per heavy atom. The summed E-state index contributed by atoms with van der Waals surface area (Å²) in [6, 6.07) is 18.8. The number of nitrogens with one attached hydrogen (secondary N) is 2. The van der Waals surface area contributed by atoms with Crippen molar-refractivity contribution in [2.75, 3.05) is 0 Å². The second-order valence-corrected chi connectivity index (χ2v) is 7.57. The number of furan rings is 1. The van der Waals surface area contributed by atoms with Crippen LogP contribution in [0.2, 0.25) is 5.02 Å². The molecule has 1 amide bonds. The van der Waals surface area contributed by atoms with Gasteiger partial charge in [0.2, 0.25) is 5.91 Å². The van der Waals surface area contributed by atoms with E-state index in [1.54, 1.807) is 12.1 Å². The highest BCUT2D eigenvalue weighted by atomic mass is 79.9. The van der Waals surface area contributed by atoms with Gasteiger partial charge in [-0.05, 0) is 54.2 Å². The summed E-state index contributed by atoms with van der Waals surface area (Å²) < 4.78 is 6.82. The first-order valence-electron chi connectivity index (χ1n) is 8.16. The minimum atomic E-state index is -0.190. The Kier molecular flexibility index (Phi) is 6.66. The van der Waals surface area contributed by atoms with Crippen molar-refractivity contribution in [3.8, 4) is 11.3 Å². The van der Waals surface area contributed by atoms with Gasteiger partial charge in [-0.15, -0.1) is 0 Å². The minimum Gasteiger partial charge on any atom is -0.459 e. The van der Waals surface area contributed by atoms with Gasteiger partial charge < -0.3 is 15.1 Å². The van der Waals surface area contributed by atoms with Crippen molar-refractivity contribution >= 4 is 50.8 Å². The number of amides is 1. The fourth-order valence-electron chi connectivity index (χ4n) is 2.41. The molecule has 0 radical (unpaired) electrons. The molecule has 0 aliphatic rings. The maximum Gasteiger partial charge on any atom is 0.230 e. The van der Waals surface area contributed by atoms with E-state index in [0.717, 1.165) is 27.1 Å². The number of halogens is 2. The van der Waals surface area contributed by atoms with Gasteiger partial charge in [-0.2, -0.15) is 0 Å². The Bertz CT molecular complexity index is 939. The topological polar surface area (TPSA) is 54.3 Å². The van der Waals surface area contributed by atoms with Crippen LogP contribution < -0.4 is 10.6 Å². The molecule has 1 heterocycles. The van der Waals surface area contributed by atoms with Crippen LogP contribution in [0.5, 0.6) is 0 Å². The largest absolute Gasteiger partial charge is 0.459 e. The van der Waals surface area contributed by atoms with Gasteiger partial charge in [-0.25, -0.2) is 0 Å². The molecule has 0 aliphatic heterocycles. The summed E-state index contributed by atoms with van der Waals surface area (Å²) >= 11 is 14.4. The molecular weight excluding hydrogens is 448 g/mol. The van der Waals surface area contributed by atoms with Crippen molar-refractivity contribution in [1.29, 1.82) is 0 Å². The lowest BCUT2D eigenvalue weighted by atomic mass is 10.1. The molecule has 1 aromatic heterocycles. The second-order valence-electron chi connectivity index (χ2n) is 5.81. The van der Waals surface area contributed by atoms with Crippen LogP contribution in [0.1, 0.15) is 11.3 Å². The summed E-state index contributed by atoms with van der Waals surface area (Å²) in [7, 11) is 0. The average Bonchev–Trinajstić information content (AvgIpc) is 3.11. The van der Waals surface area contributed by atoms with Crippen molar-refractivity contribution in [2.24, 2.45) is 0 Å². The lowest BCUT2D eigenvalue weighted by Gasteiger charge is -2.08. The Labute approximate surface area is 176 Å². The van der Waals surface area contributed by atoms with Crippen LogP contribution in [0.25, 0.3) is 11.3 Å². The van der Waals surface area contributed by atoms with E-state index >= 15 is 0 Å². The Balaban J connectivity index is 1.48. The van der Waals surface area contributed by atoms with Gasteiger partial charge in [0.25, 0.3) is 0 Å². The number of benzene rings is 2. The lowest BCUT2D eigenvalue weighted by molar-refractivity contribution is -0.119. The number of rotatable bonds is 5. The van der Waals surface area contributed by atoms with Crippen molar-refractivity contribution in [1.82, 2.24) is 10.6 Å². The Morgan fingerprint density at radius 2 is 1.74 bits per heavy atom. The third kappa shape index (κ3) is 5.92. The third-order valence-electron chi connectivity index (χ3n) is 3.74. The van der Waals surface area contributed by atoms with Gasteiger partial charge in [0.1, 0.15) is 11.5 Å². The van der Waals surface area contributed by atoms with Crippen LogP contribution in [-0.2, 0) is 17.8 Å². The van der Waals surface area contributed by atoms with Crippen LogP contribution in [0.15, 0.2) is 69.6 Å². The van der Waals surface area contributed by atoms with Crippen molar-refractivity contribution in [2.45, 2.75) is 13.0 Å². The Hall–Kier alpha value is -2.15. The van der Waals surface area contributed by atoms with Gasteiger partial charge in [0.05, 0.1) is 13.0 Å². The molecule has 3 aromatic rings. The normalized spacial score (nSPS) is 10.4. The SMILES string of the molecule is O=C(Cc1ccc(Cl)cc1)NC(=S)NCc1ccc(-c2ccc(Br)cc2)o1. The van der Waals surface area contributed by atoms with Crippen LogP contribution in [0.4, 0.5) is 0 Å². The predicted molar refractivity (Wildman–Crippen MR) is 115 cm³/mol. The third-order valence-corrected chi connectivity index (χ3v) is 4.77. The number of thiocarbonyl (C=S) groups is 1. The van der Waals surface area contributed by atoms with E-state index < -0.39 is 0 Å². The van der Waals surface area contributed by atoms with Gasteiger partial charge in [0.15, 0.2) is 5.11 Å². The molecule has 0 unspecified atom stereocenters. The summed E-state index contributed by atoms with van der Waals surface area (Å²) in [6.45, 7) is 0.386. The molecule has 2 aromatic carbocycles. The molecule has 0 atom stereocenters. The smallest absolute Gasteiger partial charge is 0.230 e. The minimum absolute atomic E-state index is 0.190. The van der Waals surface area contributed by atoms with Crippen LogP contribution >= 0.6 is 39.7 Å². The molecule has 3 rings (SSSR count). The molecule has 0 spiro atoms. The van der Waals surface area contributed by atoms with Crippen LogP contribution in [-0.4, -0.2) is 11.0 Å². The summed E-state index contributed by atoms with van der Waals surface area (Å²) in [6.07, 6.45) is 0.230. The highest BCUT2D eigenvalue weighted by Crippen LogP contribution is 2.23. The van der Waals surface area contributed by atoms with Crippen molar-refractivity contribution in [3.63, 3.8) is 0 Å². The van der Waals surface area contributed by atoms with E-state index in [1.165, 1.54) is 0 Å². The monoisotopic (exact) mass is 462 g/mol. The lowest BCUT2D eigenvalue weighted by Crippen LogP contribution is -2.39. The average molecular weight is 464 g/mol. The number of hydrogen-bond acceptors (Lipinski definition) is 3. The van der Waals surface area contributed by atoms with Crippen LogP contribution in [0.3, 0.4) is 0 Å². The second kappa shape index (κ2) is 9.17. The summed E-state index contributed by atoms with van der Waals surface area (Å²) in [5.74, 6) is 1.31. The van der Waals surface area contributed by atoms with E-state index in [0.29, 0.717) is 11.6 Å². The quantitative estimate of drug-likeness (QED) is 0.517. The first-order valence-corrected chi connectivity index (χ1v) is 9.74. The summed E-state index contributed by atoms with van der Waals surface area (Å²) in [5.41, 5.74) is 1.85. The van der Waals surface area contributed by atoms with Crippen molar-refractivity contribution < 1.29 is 9.21 Å². The van der Waals surface area contributed by atoms with E-state index in [2.05, 4.69) is 26.6 Å². The Morgan fingerprint density at radius 1 is 1.04 bits per heavy atom. The standard InChI is InChI=1S/C20H16BrClN2O2S/c21-15-5-3-14(4-6-15)18-10-9-17(26-18)12-23-20(27)24-19(25)11-13-1-7-16(22)8-2-13/h1-10H,11-12H2,(H2,23,24,25,27). The van der Waals surface area contributed by atoms with E-state index in [4.69, 9.17) is 28.2 Å². The van der Waals surface area contributed by atoms with Crippen LogP contribution in [0, 0.1) is 0 Å². The maximum absolute atomic E-state index is 12.0. The summed E-state index contributed by atoms with van der Waals surface area (Å²) in [4.78, 5) is 12.0. The molecule has 27 heavy (non-hydrogen) atoms. The highest BCUT2D eigenvalue weighted by molar-refractivity contribution is 9.10. The molecule has 0 aliphatic carbocycles. The van der Waals surface area contributed by atoms with E-state index in [9.17, 15) is 4.79 Å². The molecule has 0 saturated heterocycles. The van der Waals surface area contributed by atoms with Gasteiger partial charge in [0, 0.05) is 15.1 Å². The molecule has 4 nitrogen and oxygen atoms in total. The van der Waals surface area contributed by atoms with E-state index in [1.807, 2.05) is 48.5 Å². The highest BCUT2D eigenvalue weighted by Gasteiger charge is 2.08. The fourth-order valence-corrected chi connectivity index (χ4v) is 2.99. The number of carbonyl (C=O) groups excluding carboxylic acids is 1. The van der Waals surface area contributed by atoms with E-state index in [-0.39, 0.29) is 17.4 Å². The van der Waals surface area contributed by atoms with Gasteiger partial charge >= 0.3 is 0 Å². The first-order chi connectivity index (χ1) is 13.0.